The van der Waals surface area contributed by atoms with Gasteiger partial charge >= 0.3 is 0 Å². The summed E-state index contributed by atoms with van der Waals surface area (Å²) < 4.78 is 0. The van der Waals surface area contributed by atoms with E-state index in [1.54, 1.807) is 6.08 Å². The van der Waals surface area contributed by atoms with Gasteiger partial charge in [0.05, 0.1) is 0 Å². The molecule has 59 valence electrons. The van der Waals surface area contributed by atoms with E-state index in [9.17, 15) is 0 Å². The summed E-state index contributed by atoms with van der Waals surface area (Å²) in [6.07, 6.45) is 3.67. The van der Waals surface area contributed by atoms with Gasteiger partial charge in [-0.2, -0.15) is 0 Å². The minimum Gasteiger partial charge on any atom is -0.361 e. The Morgan fingerprint density at radius 1 is 1.60 bits per heavy atom. The van der Waals surface area contributed by atoms with Crippen LogP contribution in [0, 0.1) is 12.2 Å². The average Bonchev–Trinajstić information content (AvgIpc) is 1.87. The lowest BCUT2D eigenvalue weighted by Gasteiger charge is -2.13. The number of allylic oxidation sites excluding steroid dienone is 1. The summed E-state index contributed by atoms with van der Waals surface area (Å²) in [7, 11) is 0. The van der Waals surface area contributed by atoms with Crippen LogP contribution in [0.15, 0.2) is 12.7 Å². The topological polar surface area (TPSA) is 40.5 Å². The van der Waals surface area contributed by atoms with Crippen LogP contribution in [0.3, 0.4) is 0 Å². The van der Waals surface area contributed by atoms with Crippen molar-refractivity contribution in [3.8, 4) is 0 Å². The standard InChI is InChI=1S/C8H15O2/c1-3-5-7(6-4-2)8(9)10/h3,7,9-10H,1,4-6H2,2H3. The Balaban J connectivity index is 3.60. The molecule has 0 aliphatic rings. The van der Waals surface area contributed by atoms with E-state index in [1.165, 1.54) is 0 Å². The van der Waals surface area contributed by atoms with Gasteiger partial charge in [0.1, 0.15) is 0 Å². The summed E-state index contributed by atoms with van der Waals surface area (Å²) in [6, 6.07) is 0. The second-order valence-corrected chi connectivity index (χ2v) is 2.37. The summed E-state index contributed by atoms with van der Waals surface area (Å²) in [5.74, 6) is -0.109. The van der Waals surface area contributed by atoms with Crippen LogP contribution in [0.5, 0.6) is 0 Å². The van der Waals surface area contributed by atoms with Crippen LogP contribution >= 0.6 is 0 Å². The molecule has 0 bridgehead atoms. The van der Waals surface area contributed by atoms with Crippen molar-refractivity contribution in [3.05, 3.63) is 18.9 Å². The highest BCUT2D eigenvalue weighted by atomic mass is 16.5. The van der Waals surface area contributed by atoms with Crippen LogP contribution in [-0.4, -0.2) is 10.2 Å². The molecule has 1 unspecified atom stereocenters. The quantitative estimate of drug-likeness (QED) is 0.579. The molecule has 1 atom stereocenters. The van der Waals surface area contributed by atoms with Crippen molar-refractivity contribution in [2.45, 2.75) is 26.2 Å². The zero-order valence-corrected chi connectivity index (χ0v) is 6.38. The predicted molar refractivity (Wildman–Crippen MR) is 40.3 cm³/mol. The number of hydrogen-bond acceptors (Lipinski definition) is 2. The molecule has 0 heterocycles. The van der Waals surface area contributed by atoms with Crippen molar-refractivity contribution >= 4 is 0 Å². The van der Waals surface area contributed by atoms with Gasteiger partial charge in [0.15, 0.2) is 0 Å². The first-order valence-electron chi connectivity index (χ1n) is 3.58. The maximum absolute atomic E-state index is 8.70. The Morgan fingerprint density at radius 3 is 2.50 bits per heavy atom. The molecule has 0 spiro atoms. The summed E-state index contributed by atoms with van der Waals surface area (Å²) in [5, 5.41) is 17.4. The number of rotatable bonds is 5. The van der Waals surface area contributed by atoms with Gasteiger partial charge in [-0.3, -0.25) is 0 Å². The Morgan fingerprint density at radius 2 is 2.20 bits per heavy atom. The van der Waals surface area contributed by atoms with Crippen molar-refractivity contribution < 1.29 is 10.2 Å². The molecule has 2 heteroatoms. The maximum Gasteiger partial charge on any atom is 0.221 e. The highest BCUT2D eigenvalue weighted by Crippen LogP contribution is 2.18. The fourth-order valence-electron chi connectivity index (χ4n) is 0.902. The molecule has 0 aromatic rings. The predicted octanol–water partition coefficient (Wildman–Crippen LogP) is 2.21. The normalized spacial score (nSPS) is 13.6. The second kappa shape index (κ2) is 5.45. The molecule has 0 fully saturated rings. The first-order chi connectivity index (χ1) is 4.72. The average molecular weight is 143 g/mol. The van der Waals surface area contributed by atoms with Gasteiger partial charge in [0, 0.05) is 5.92 Å². The first kappa shape index (κ1) is 9.66. The van der Waals surface area contributed by atoms with Crippen molar-refractivity contribution in [1.29, 1.82) is 0 Å². The van der Waals surface area contributed by atoms with E-state index < -0.39 is 6.29 Å². The highest BCUT2D eigenvalue weighted by Gasteiger charge is 2.14. The molecule has 0 aliphatic heterocycles. The third kappa shape index (κ3) is 3.64. The summed E-state index contributed by atoms with van der Waals surface area (Å²) >= 11 is 0. The first-order valence-corrected chi connectivity index (χ1v) is 3.58. The SMILES string of the molecule is C=CCC(CCC)[C](O)O. The maximum atomic E-state index is 8.70. The molecule has 2 nitrogen and oxygen atoms in total. The number of aliphatic hydroxyl groups is 2. The van der Waals surface area contributed by atoms with Gasteiger partial charge in [0.2, 0.25) is 6.29 Å². The summed E-state index contributed by atoms with van der Waals surface area (Å²) in [4.78, 5) is 0. The van der Waals surface area contributed by atoms with Gasteiger partial charge in [-0.05, 0) is 12.8 Å². The van der Waals surface area contributed by atoms with E-state index in [2.05, 4.69) is 6.58 Å². The Hall–Kier alpha value is -0.340. The largest absolute Gasteiger partial charge is 0.361 e. The lowest BCUT2D eigenvalue weighted by atomic mass is 9.99. The minimum absolute atomic E-state index is 0.109. The van der Waals surface area contributed by atoms with Crippen molar-refractivity contribution in [3.63, 3.8) is 0 Å². The molecule has 0 amide bonds. The lowest BCUT2D eigenvalue weighted by molar-refractivity contribution is 0.0310. The van der Waals surface area contributed by atoms with Crippen molar-refractivity contribution in [2.24, 2.45) is 5.92 Å². The summed E-state index contributed by atoms with van der Waals surface area (Å²) in [5.41, 5.74) is 0. The Labute approximate surface area is 62.2 Å². The summed E-state index contributed by atoms with van der Waals surface area (Å²) in [6.45, 7) is 5.54. The van der Waals surface area contributed by atoms with Crippen LogP contribution in [0.4, 0.5) is 0 Å². The Kier molecular flexibility index (Phi) is 5.26. The smallest absolute Gasteiger partial charge is 0.221 e. The molecule has 2 N–H and O–H groups in total. The molecule has 0 saturated heterocycles. The van der Waals surface area contributed by atoms with E-state index in [4.69, 9.17) is 10.2 Å². The molecule has 0 saturated carbocycles. The minimum atomic E-state index is -0.457. The molecule has 0 aromatic carbocycles. The molecule has 0 aromatic heterocycles. The van der Waals surface area contributed by atoms with Crippen LogP contribution < -0.4 is 0 Å². The zero-order valence-electron chi connectivity index (χ0n) is 6.38. The van der Waals surface area contributed by atoms with Crippen LogP contribution in [0.2, 0.25) is 0 Å². The van der Waals surface area contributed by atoms with Crippen LogP contribution in [0.25, 0.3) is 0 Å². The number of hydrogen-bond donors (Lipinski definition) is 2. The van der Waals surface area contributed by atoms with Gasteiger partial charge in [-0.1, -0.05) is 19.4 Å². The molecule has 1 radical (unpaired) electrons. The van der Waals surface area contributed by atoms with Gasteiger partial charge in [-0.15, -0.1) is 6.58 Å². The third-order valence-corrected chi connectivity index (χ3v) is 1.45. The molecule has 0 aliphatic carbocycles. The van der Waals surface area contributed by atoms with Crippen LogP contribution in [0.1, 0.15) is 26.2 Å². The van der Waals surface area contributed by atoms with E-state index in [0.717, 1.165) is 12.8 Å². The highest BCUT2D eigenvalue weighted by molar-refractivity contribution is 4.80. The van der Waals surface area contributed by atoms with Gasteiger partial charge in [0.25, 0.3) is 0 Å². The Bertz CT molecular complexity index is 89.3. The number of aliphatic hydroxyl groups excluding tert-OH is 1. The van der Waals surface area contributed by atoms with Crippen molar-refractivity contribution in [1.82, 2.24) is 0 Å². The van der Waals surface area contributed by atoms with Gasteiger partial charge < -0.3 is 10.2 Å². The molecule has 10 heavy (non-hydrogen) atoms. The fraction of sp³-hybridized carbons (Fsp3) is 0.625. The van der Waals surface area contributed by atoms with E-state index in [-0.39, 0.29) is 5.92 Å². The van der Waals surface area contributed by atoms with Crippen molar-refractivity contribution in [2.75, 3.05) is 0 Å². The molecular weight excluding hydrogens is 128 g/mol. The monoisotopic (exact) mass is 143 g/mol. The lowest BCUT2D eigenvalue weighted by Crippen LogP contribution is -2.10. The zero-order chi connectivity index (χ0) is 7.98. The molecule has 0 rings (SSSR count). The van der Waals surface area contributed by atoms with E-state index >= 15 is 0 Å². The van der Waals surface area contributed by atoms with Gasteiger partial charge in [-0.25, -0.2) is 0 Å². The van der Waals surface area contributed by atoms with Crippen LogP contribution in [-0.2, 0) is 0 Å². The third-order valence-electron chi connectivity index (χ3n) is 1.45. The molecular formula is C8H15O2. The van der Waals surface area contributed by atoms with E-state index in [1.807, 2.05) is 6.92 Å². The van der Waals surface area contributed by atoms with E-state index in [0.29, 0.717) is 6.42 Å². The fourth-order valence-corrected chi connectivity index (χ4v) is 0.902. The second-order valence-electron chi connectivity index (χ2n) is 2.37.